The number of quaternary nitrogens is 1. The molecule has 0 saturated heterocycles. The molecule has 22 heavy (non-hydrogen) atoms. The second-order valence-corrected chi connectivity index (χ2v) is 8.18. The fourth-order valence-corrected chi connectivity index (χ4v) is 3.92. The van der Waals surface area contributed by atoms with E-state index < -0.39 is 0 Å². The van der Waals surface area contributed by atoms with E-state index >= 15 is 0 Å². The molecule has 0 N–H and O–H groups in total. The molecule has 2 aromatic carbocycles. The largest absolute Gasteiger partial charge is 0.331 e. The molecule has 0 aromatic heterocycles. The average molecular weight is 331 g/mol. The van der Waals surface area contributed by atoms with Crippen LogP contribution in [0.5, 0.6) is 0 Å². The summed E-state index contributed by atoms with van der Waals surface area (Å²) in [5.74, 6) is 0. The molecule has 0 spiro atoms. The van der Waals surface area contributed by atoms with Gasteiger partial charge in [0.15, 0.2) is 0 Å². The van der Waals surface area contributed by atoms with Crippen LogP contribution in [0.25, 0.3) is 5.57 Å². The maximum atomic E-state index is 6.24. The van der Waals surface area contributed by atoms with Gasteiger partial charge in [-0.2, -0.15) is 0 Å². The van der Waals surface area contributed by atoms with Crippen LogP contribution in [0.2, 0.25) is 5.02 Å². The number of hydrogen-bond acceptors (Lipinski definition) is 1. The van der Waals surface area contributed by atoms with Crippen molar-refractivity contribution in [1.29, 1.82) is 0 Å². The zero-order chi connectivity index (χ0) is 15.7. The molecule has 1 nitrogen and oxygen atoms in total. The average Bonchev–Trinajstić information content (AvgIpc) is 2.46. The van der Waals surface area contributed by atoms with Gasteiger partial charge in [0.2, 0.25) is 0 Å². The predicted octanol–water partition coefficient (Wildman–Crippen LogP) is 5.33. The molecule has 0 fully saturated rings. The SMILES string of the molecule is C[N+](C)(C)CCC=C1c2ccccc2Sc2ccc(Cl)cc21. The Labute approximate surface area is 142 Å². The third-order valence-electron chi connectivity index (χ3n) is 3.78. The first kappa shape index (κ1) is 15.7. The van der Waals surface area contributed by atoms with E-state index in [-0.39, 0.29) is 0 Å². The summed E-state index contributed by atoms with van der Waals surface area (Å²) >= 11 is 8.07. The van der Waals surface area contributed by atoms with Crippen molar-refractivity contribution in [3.8, 4) is 0 Å². The lowest BCUT2D eigenvalue weighted by Crippen LogP contribution is -2.34. The van der Waals surface area contributed by atoms with Gasteiger partial charge in [0.05, 0.1) is 27.7 Å². The highest BCUT2D eigenvalue weighted by atomic mass is 35.5. The van der Waals surface area contributed by atoms with Gasteiger partial charge in [-0.25, -0.2) is 0 Å². The van der Waals surface area contributed by atoms with E-state index in [4.69, 9.17) is 11.6 Å². The van der Waals surface area contributed by atoms with Crippen molar-refractivity contribution in [3.63, 3.8) is 0 Å². The minimum Gasteiger partial charge on any atom is -0.331 e. The van der Waals surface area contributed by atoms with Gasteiger partial charge in [-0.3, -0.25) is 0 Å². The van der Waals surface area contributed by atoms with Gasteiger partial charge in [-0.1, -0.05) is 47.6 Å². The first-order chi connectivity index (χ1) is 10.4. The van der Waals surface area contributed by atoms with Crippen molar-refractivity contribution in [2.45, 2.75) is 16.2 Å². The lowest BCUT2D eigenvalue weighted by Gasteiger charge is -2.25. The molecule has 3 rings (SSSR count). The fraction of sp³-hybridized carbons (Fsp3) is 0.263. The summed E-state index contributed by atoms with van der Waals surface area (Å²) in [5.41, 5.74) is 3.90. The molecule has 114 valence electrons. The zero-order valence-electron chi connectivity index (χ0n) is 13.3. The van der Waals surface area contributed by atoms with Gasteiger partial charge in [0.1, 0.15) is 0 Å². The second kappa shape index (κ2) is 6.11. The van der Waals surface area contributed by atoms with Crippen molar-refractivity contribution in [2.75, 3.05) is 27.7 Å². The minimum atomic E-state index is 0.802. The van der Waals surface area contributed by atoms with Crippen LogP contribution >= 0.6 is 23.4 Å². The quantitative estimate of drug-likeness (QED) is 0.585. The number of hydrogen-bond donors (Lipinski definition) is 0. The fourth-order valence-electron chi connectivity index (χ4n) is 2.66. The van der Waals surface area contributed by atoms with E-state index in [0.717, 1.165) is 22.5 Å². The molecule has 3 heteroatoms. The van der Waals surface area contributed by atoms with Gasteiger partial charge in [0.25, 0.3) is 0 Å². The molecular formula is C19H21ClNS+. The smallest absolute Gasteiger partial charge is 0.0815 e. The number of nitrogens with zero attached hydrogens (tertiary/aromatic N) is 1. The standard InChI is InChI=1S/C19H21ClNS/c1-21(2,3)12-6-8-15-16-7-4-5-9-18(16)22-19-11-10-14(20)13-17(15)19/h4-5,7-11,13H,6,12H2,1-3H3/q+1. The summed E-state index contributed by atoms with van der Waals surface area (Å²) in [6.45, 7) is 1.12. The molecule has 0 atom stereocenters. The Morgan fingerprint density at radius 1 is 1.00 bits per heavy atom. The number of fused-ring (bicyclic) bond motifs is 2. The number of halogens is 1. The Kier molecular flexibility index (Phi) is 4.35. The monoisotopic (exact) mass is 330 g/mol. The molecule has 0 radical (unpaired) electrons. The van der Waals surface area contributed by atoms with Crippen molar-refractivity contribution < 1.29 is 4.48 Å². The van der Waals surface area contributed by atoms with Crippen LogP contribution in [-0.4, -0.2) is 32.2 Å². The molecule has 1 aliphatic rings. The van der Waals surface area contributed by atoms with Gasteiger partial charge in [-0.15, -0.1) is 0 Å². The highest BCUT2D eigenvalue weighted by molar-refractivity contribution is 7.99. The highest BCUT2D eigenvalue weighted by Gasteiger charge is 2.20. The Bertz CT molecular complexity index is 728. The molecule has 0 bridgehead atoms. The van der Waals surface area contributed by atoms with Crippen LogP contribution in [0, 0.1) is 0 Å². The highest BCUT2D eigenvalue weighted by Crippen LogP contribution is 2.46. The topological polar surface area (TPSA) is 0 Å². The molecule has 0 unspecified atom stereocenters. The van der Waals surface area contributed by atoms with E-state index in [1.165, 1.54) is 26.5 Å². The van der Waals surface area contributed by atoms with Crippen molar-refractivity contribution in [2.24, 2.45) is 0 Å². The van der Waals surface area contributed by atoms with Crippen LogP contribution in [0.4, 0.5) is 0 Å². The van der Waals surface area contributed by atoms with E-state index in [0.29, 0.717) is 0 Å². The molecule has 0 aliphatic carbocycles. The third kappa shape index (κ3) is 3.40. The lowest BCUT2D eigenvalue weighted by molar-refractivity contribution is -0.869. The molecule has 0 saturated carbocycles. The van der Waals surface area contributed by atoms with E-state index in [1.54, 1.807) is 0 Å². The molecule has 1 aliphatic heterocycles. The first-order valence-corrected chi connectivity index (χ1v) is 8.71. The van der Waals surface area contributed by atoms with Crippen molar-refractivity contribution in [1.82, 2.24) is 0 Å². The zero-order valence-corrected chi connectivity index (χ0v) is 14.8. The van der Waals surface area contributed by atoms with Crippen LogP contribution < -0.4 is 0 Å². The number of benzene rings is 2. The molecule has 0 amide bonds. The summed E-state index contributed by atoms with van der Waals surface area (Å²) in [5, 5.41) is 0.802. The maximum absolute atomic E-state index is 6.24. The van der Waals surface area contributed by atoms with Crippen LogP contribution in [0.3, 0.4) is 0 Å². The third-order valence-corrected chi connectivity index (χ3v) is 5.16. The maximum Gasteiger partial charge on any atom is 0.0815 e. The Hall–Kier alpha value is -1.22. The number of rotatable bonds is 3. The van der Waals surface area contributed by atoms with Gasteiger partial charge in [0, 0.05) is 21.2 Å². The van der Waals surface area contributed by atoms with E-state index in [1.807, 2.05) is 17.8 Å². The summed E-state index contributed by atoms with van der Waals surface area (Å²) in [6.07, 6.45) is 3.43. The summed E-state index contributed by atoms with van der Waals surface area (Å²) in [6, 6.07) is 14.8. The summed E-state index contributed by atoms with van der Waals surface area (Å²) < 4.78 is 0.975. The first-order valence-electron chi connectivity index (χ1n) is 7.52. The Morgan fingerprint density at radius 3 is 2.50 bits per heavy atom. The van der Waals surface area contributed by atoms with Crippen molar-refractivity contribution in [3.05, 3.63) is 64.7 Å². The van der Waals surface area contributed by atoms with Gasteiger partial charge < -0.3 is 4.48 Å². The minimum absolute atomic E-state index is 0.802. The molecule has 1 heterocycles. The van der Waals surface area contributed by atoms with Crippen LogP contribution in [0.1, 0.15) is 17.5 Å². The van der Waals surface area contributed by atoms with Gasteiger partial charge in [-0.05, 0) is 41.0 Å². The van der Waals surface area contributed by atoms with Crippen LogP contribution in [0.15, 0.2) is 58.3 Å². The normalized spacial score (nSPS) is 15.5. The van der Waals surface area contributed by atoms with Crippen LogP contribution in [-0.2, 0) is 0 Å². The lowest BCUT2D eigenvalue weighted by atomic mass is 9.96. The Morgan fingerprint density at radius 2 is 1.73 bits per heavy atom. The van der Waals surface area contributed by atoms with E-state index in [9.17, 15) is 0 Å². The Balaban J connectivity index is 2.04. The summed E-state index contributed by atoms with van der Waals surface area (Å²) in [7, 11) is 6.69. The second-order valence-electron chi connectivity index (χ2n) is 6.66. The molecule has 2 aromatic rings. The molecular weight excluding hydrogens is 310 g/mol. The van der Waals surface area contributed by atoms with Gasteiger partial charge >= 0.3 is 0 Å². The van der Waals surface area contributed by atoms with E-state index in [2.05, 4.69) is 63.6 Å². The predicted molar refractivity (Wildman–Crippen MR) is 96.6 cm³/mol. The van der Waals surface area contributed by atoms with Crippen molar-refractivity contribution >= 4 is 28.9 Å². The summed E-state index contributed by atoms with van der Waals surface area (Å²) in [4.78, 5) is 2.62.